The molecule has 3 heteroatoms. The van der Waals surface area contributed by atoms with Gasteiger partial charge >= 0.3 is 0 Å². The van der Waals surface area contributed by atoms with Crippen LogP contribution in [0.2, 0.25) is 0 Å². The van der Waals surface area contributed by atoms with Crippen molar-refractivity contribution in [3.05, 3.63) is 30.1 Å². The fraction of sp³-hybridized carbons (Fsp3) is 0.364. The highest BCUT2D eigenvalue weighted by atomic mass is 15.1. The van der Waals surface area contributed by atoms with Crippen LogP contribution in [-0.4, -0.2) is 9.55 Å². The normalized spacial score (nSPS) is 12.3. The van der Waals surface area contributed by atoms with Crippen LogP contribution in [0.5, 0.6) is 0 Å². The van der Waals surface area contributed by atoms with Gasteiger partial charge in [0.25, 0.3) is 0 Å². The van der Waals surface area contributed by atoms with E-state index in [4.69, 9.17) is 5.73 Å². The molecule has 2 aromatic rings. The Morgan fingerprint density at radius 3 is 2.50 bits per heavy atom. The summed E-state index contributed by atoms with van der Waals surface area (Å²) in [4.78, 5) is 4.52. The van der Waals surface area contributed by atoms with E-state index < -0.39 is 5.54 Å². The van der Waals surface area contributed by atoms with E-state index in [-0.39, 0.29) is 0 Å². The van der Waals surface area contributed by atoms with Crippen LogP contribution < -0.4 is 5.73 Å². The topological polar surface area (TPSA) is 43.8 Å². The molecule has 0 amide bonds. The van der Waals surface area contributed by atoms with Crippen molar-refractivity contribution in [3.63, 3.8) is 0 Å². The van der Waals surface area contributed by atoms with Gasteiger partial charge in [-0.15, -0.1) is 0 Å². The standard InChI is InChI=1S/C11H15N3/c1-11(2,12)10-13-8-6-4-5-7-9(8)14(10)3/h4-7H,12H2,1-3H3. The number of hydrogen-bond acceptors (Lipinski definition) is 2. The van der Waals surface area contributed by atoms with Crippen molar-refractivity contribution < 1.29 is 0 Å². The molecule has 14 heavy (non-hydrogen) atoms. The number of rotatable bonds is 1. The molecule has 0 unspecified atom stereocenters. The summed E-state index contributed by atoms with van der Waals surface area (Å²) in [6, 6.07) is 8.06. The molecule has 0 atom stereocenters. The number of benzene rings is 1. The molecule has 0 fully saturated rings. The smallest absolute Gasteiger partial charge is 0.129 e. The van der Waals surface area contributed by atoms with E-state index in [0.29, 0.717) is 0 Å². The lowest BCUT2D eigenvalue weighted by Crippen LogP contribution is -2.32. The van der Waals surface area contributed by atoms with E-state index in [2.05, 4.69) is 15.6 Å². The van der Waals surface area contributed by atoms with E-state index in [1.807, 2.05) is 39.1 Å². The number of aromatic nitrogens is 2. The van der Waals surface area contributed by atoms with Crippen molar-refractivity contribution >= 4 is 11.0 Å². The van der Waals surface area contributed by atoms with Gasteiger partial charge in [0.15, 0.2) is 0 Å². The quantitative estimate of drug-likeness (QED) is 0.743. The summed E-state index contributed by atoms with van der Waals surface area (Å²) in [6.07, 6.45) is 0. The van der Waals surface area contributed by atoms with Crippen LogP contribution in [0.1, 0.15) is 19.7 Å². The highest BCUT2D eigenvalue weighted by molar-refractivity contribution is 5.75. The lowest BCUT2D eigenvalue weighted by molar-refractivity contribution is 0.498. The molecule has 2 rings (SSSR count). The van der Waals surface area contributed by atoms with Crippen LogP contribution in [0.15, 0.2) is 24.3 Å². The molecule has 0 bridgehead atoms. The Kier molecular flexibility index (Phi) is 1.86. The van der Waals surface area contributed by atoms with E-state index in [0.717, 1.165) is 16.9 Å². The minimum absolute atomic E-state index is 0.395. The Balaban J connectivity index is 2.75. The zero-order chi connectivity index (χ0) is 10.3. The van der Waals surface area contributed by atoms with Gasteiger partial charge < -0.3 is 10.3 Å². The number of aryl methyl sites for hydroxylation is 1. The van der Waals surface area contributed by atoms with E-state index >= 15 is 0 Å². The second-order valence-corrected chi connectivity index (χ2v) is 4.20. The molecule has 1 heterocycles. The molecule has 0 aliphatic heterocycles. The Morgan fingerprint density at radius 2 is 1.93 bits per heavy atom. The van der Waals surface area contributed by atoms with Gasteiger partial charge in [-0.05, 0) is 26.0 Å². The predicted octanol–water partition coefficient (Wildman–Crippen LogP) is 1.77. The summed E-state index contributed by atoms with van der Waals surface area (Å²) < 4.78 is 2.05. The first-order valence-corrected chi connectivity index (χ1v) is 4.71. The van der Waals surface area contributed by atoms with Crippen molar-refractivity contribution in [1.82, 2.24) is 9.55 Å². The van der Waals surface area contributed by atoms with Gasteiger partial charge in [-0.2, -0.15) is 0 Å². The zero-order valence-corrected chi connectivity index (χ0v) is 8.78. The molecule has 0 aliphatic rings. The average Bonchev–Trinajstić information content (AvgIpc) is 2.44. The average molecular weight is 189 g/mol. The number of para-hydroxylation sites is 2. The van der Waals surface area contributed by atoms with Crippen molar-refractivity contribution in [2.45, 2.75) is 19.4 Å². The molecule has 0 saturated heterocycles. The Bertz CT molecular complexity index is 463. The van der Waals surface area contributed by atoms with Crippen molar-refractivity contribution in [1.29, 1.82) is 0 Å². The third kappa shape index (κ3) is 1.30. The van der Waals surface area contributed by atoms with Crippen LogP contribution in [0.3, 0.4) is 0 Å². The van der Waals surface area contributed by atoms with Gasteiger partial charge in [0.05, 0.1) is 16.6 Å². The van der Waals surface area contributed by atoms with Gasteiger partial charge in [-0.1, -0.05) is 12.1 Å². The Labute approximate surface area is 83.6 Å². The van der Waals surface area contributed by atoms with E-state index in [9.17, 15) is 0 Å². The van der Waals surface area contributed by atoms with Crippen molar-refractivity contribution in [2.75, 3.05) is 0 Å². The van der Waals surface area contributed by atoms with Crippen molar-refractivity contribution in [3.8, 4) is 0 Å². The maximum Gasteiger partial charge on any atom is 0.129 e. The molecular formula is C11H15N3. The largest absolute Gasteiger partial charge is 0.330 e. The molecule has 0 radical (unpaired) electrons. The minimum Gasteiger partial charge on any atom is -0.330 e. The first-order chi connectivity index (χ1) is 6.50. The maximum absolute atomic E-state index is 6.04. The first kappa shape index (κ1) is 9.21. The summed E-state index contributed by atoms with van der Waals surface area (Å²) >= 11 is 0. The molecule has 0 saturated carbocycles. The minimum atomic E-state index is -0.395. The molecule has 0 spiro atoms. The van der Waals surface area contributed by atoms with Crippen LogP contribution in [0.25, 0.3) is 11.0 Å². The molecule has 1 aromatic carbocycles. The summed E-state index contributed by atoms with van der Waals surface area (Å²) in [6.45, 7) is 3.93. The van der Waals surface area contributed by atoms with Crippen LogP contribution >= 0.6 is 0 Å². The van der Waals surface area contributed by atoms with Crippen LogP contribution in [0.4, 0.5) is 0 Å². The SMILES string of the molecule is Cn1c(C(C)(C)N)nc2ccccc21. The first-order valence-electron chi connectivity index (χ1n) is 4.71. The zero-order valence-electron chi connectivity index (χ0n) is 8.78. The fourth-order valence-corrected chi connectivity index (χ4v) is 1.72. The fourth-order valence-electron chi connectivity index (χ4n) is 1.72. The molecule has 2 N–H and O–H groups in total. The van der Waals surface area contributed by atoms with Gasteiger partial charge in [0.1, 0.15) is 5.82 Å². The Morgan fingerprint density at radius 1 is 1.29 bits per heavy atom. The highest BCUT2D eigenvalue weighted by Crippen LogP contribution is 2.21. The lowest BCUT2D eigenvalue weighted by Gasteiger charge is -2.17. The van der Waals surface area contributed by atoms with Crippen LogP contribution in [0, 0.1) is 0 Å². The summed E-state index contributed by atoms with van der Waals surface area (Å²) in [7, 11) is 2.00. The number of nitrogens with two attached hydrogens (primary N) is 1. The number of imidazole rings is 1. The summed E-state index contributed by atoms with van der Waals surface area (Å²) in [5.74, 6) is 0.915. The van der Waals surface area contributed by atoms with Gasteiger partial charge in [-0.25, -0.2) is 4.98 Å². The van der Waals surface area contributed by atoms with E-state index in [1.54, 1.807) is 0 Å². The van der Waals surface area contributed by atoms with Gasteiger partial charge in [-0.3, -0.25) is 0 Å². The number of fused-ring (bicyclic) bond motifs is 1. The third-order valence-corrected chi connectivity index (χ3v) is 2.36. The number of hydrogen-bond donors (Lipinski definition) is 1. The summed E-state index contributed by atoms with van der Waals surface area (Å²) in [5, 5.41) is 0. The van der Waals surface area contributed by atoms with Crippen LogP contribution in [-0.2, 0) is 12.6 Å². The second kappa shape index (κ2) is 2.82. The molecular weight excluding hydrogens is 174 g/mol. The maximum atomic E-state index is 6.04. The van der Waals surface area contributed by atoms with E-state index in [1.165, 1.54) is 0 Å². The molecule has 74 valence electrons. The highest BCUT2D eigenvalue weighted by Gasteiger charge is 2.21. The second-order valence-electron chi connectivity index (χ2n) is 4.20. The number of nitrogens with zero attached hydrogens (tertiary/aromatic N) is 2. The monoisotopic (exact) mass is 189 g/mol. The third-order valence-electron chi connectivity index (χ3n) is 2.36. The lowest BCUT2D eigenvalue weighted by atomic mass is 10.1. The molecule has 1 aromatic heterocycles. The summed E-state index contributed by atoms with van der Waals surface area (Å²) in [5.41, 5.74) is 7.77. The van der Waals surface area contributed by atoms with Crippen molar-refractivity contribution in [2.24, 2.45) is 12.8 Å². The Hall–Kier alpha value is -1.35. The molecule has 0 aliphatic carbocycles. The predicted molar refractivity (Wildman–Crippen MR) is 57.9 cm³/mol. The molecule has 3 nitrogen and oxygen atoms in total. The van der Waals surface area contributed by atoms with Gasteiger partial charge in [0, 0.05) is 7.05 Å². The van der Waals surface area contributed by atoms with Gasteiger partial charge in [0.2, 0.25) is 0 Å².